The van der Waals surface area contributed by atoms with Gasteiger partial charge >= 0.3 is 0 Å². The van der Waals surface area contributed by atoms with E-state index in [9.17, 15) is 0 Å². The van der Waals surface area contributed by atoms with Gasteiger partial charge in [0.25, 0.3) is 0 Å². The van der Waals surface area contributed by atoms with Gasteiger partial charge in [-0.1, -0.05) is 6.58 Å². The van der Waals surface area contributed by atoms with Crippen molar-refractivity contribution >= 4 is 0 Å². The van der Waals surface area contributed by atoms with Crippen LogP contribution in [0.1, 0.15) is 13.3 Å². The highest BCUT2D eigenvalue weighted by Gasteiger charge is 2.35. The van der Waals surface area contributed by atoms with E-state index in [2.05, 4.69) is 11.5 Å². The predicted molar refractivity (Wildman–Crippen MR) is 31.8 cm³/mol. The van der Waals surface area contributed by atoms with Crippen molar-refractivity contribution in [1.29, 1.82) is 0 Å². The molecule has 1 N–H and O–H groups in total. The van der Waals surface area contributed by atoms with E-state index in [1.807, 2.05) is 0 Å². The zero-order valence-electron chi connectivity index (χ0n) is 5.39. The lowest BCUT2D eigenvalue weighted by Gasteiger charge is -2.19. The molecule has 0 aromatic rings. The molecule has 0 aliphatic carbocycles. The molecule has 1 fully saturated rings. The summed E-state index contributed by atoms with van der Waals surface area (Å²) in [5, 5.41) is 8.31. The SMILES string of the molecule is C=C1CCOC1(C)OO. The van der Waals surface area contributed by atoms with Gasteiger partial charge < -0.3 is 4.74 Å². The number of ether oxygens (including phenoxy) is 1. The van der Waals surface area contributed by atoms with Crippen LogP contribution in [0, 0.1) is 0 Å². The van der Waals surface area contributed by atoms with Gasteiger partial charge in [0, 0.05) is 0 Å². The van der Waals surface area contributed by atoms with Gasteiger partial charge in [0.15, 0.2) is 0 Å². The third-order valence-electron chi connectivity index (χ3n) is 1.60. The van der Waals surface area contributed by atoms with Crippen LogP contribution in [-0.2, 0) is 9.62 Å². The van der Waals surface area contributed by atoms with Crippen molar-refractivity contribution in [2.24, 2.45) is 0 Å². The van der Waals surface area contributed by atoms with Gasteiger partial charge in [-0.3, -0.25) is 0 Å². The summed E-state index contributed by atoms with van der Waals surface area (Å²) in [4.78, 5) is 4.09. The zero-order chi connectivity index (χ0) is 6.91. The van der Waals surface area contributed by atoms with Crippen LogP contribution < -0.4 is 0 Å². The zero-order valence-corrected chi connectivity index (χ0v) is 5.39. The van der Waals surface area contributed by atoms with Gasteiger partial charge in [0.1, 0.15) is 0 Å². The van der Waals surface area contributed by atoms with E-state index in [1.54, 1.807) is 6.92 Å². The molecule has 0 bridgehead atoms. The molecule has 1 saturated heterocycles. The highest BCUT2D eigenvalue weighted by atomic mass is 17.1. The van der Waals surface area contributed by atoms with Crippen LogP contribution in [0.4, 0.5) is 0 Å². The molecule has 0 aromatic heterocycles. The first-order valence-electron chi connectivity index (χ1n) is 2.84. The van der Waals surface area contributed by atoms with Crippen LogP contribution >= 0.6 is 0 Å². The summed E-state index contributed by atoms with van der Waals surface area (Å²) in [6, 6.07) is 0. The summed E-state index contributed by atoms with van der Waals surface area (Å²) in [6.45, 7) is 5.89. The van der Waals surface area contributed by atoms with Crippen LogP contribution in [0.2, 0.25) is 0 Å². The molecule has 0 spiro atoms. The van der Waals surface area contributed by atoms with Crippen molar-refractivity contribution in [1.82, 2.24) is 0 Å². The summed E-state index contributed by atoms with van der Waals surface area (Å²) < 4.78 is 5.03. The maximum absolute atomic E-state index is 8.31. The molecule has 0 radical (unpaired) electrons. The second kappa shape index (κ2) is 2.10. The average molecular weight is 130 g/mol. The molecule has 1 rings (SSSR count). The summed E-state index contributed by atoms with van der Waals surface area (Å²) in [5.41, 5.74) is 0.782. The Bertz CT molecular complexity index is 132. The van der Waals surface area contributed by atoms with E-state index in [-0.39, 0.29) is 0 Å². The van der Waals surface area contributed by atoms with Crippen molar-refractivity contribution < 1.29 is 14.9 Å². The van der Waals surface area contributed by atoms with Gasteiger partial charge in [-0.05, 0) is 18.9 Å². The Kier molecular flexibility index (Phi) is 1.57. The Balaban J connectivity index is 2.67. The molecule has 1 unspecified atom stereocenters. The molecule has 1 atom stereocenters. The van der Waals surface area contributed by atoms with Crippen LogP contribution in [0.3, 0.4) is 0 Å². The minimum atomic E-state index is -0.944. The Morgan fingerprint density at radius 1 is 1.89 bits per heavy atom. The monoisotopic (exact) mass is 130 g/mol. The first-order chi connectivity index (χ1) is 4.19. The number of hydrogen-bond acceptors (Lipinski definition) is 3. The van der Waals surface area contributed by atoms with Crippen LogP contribution in [0.15, 0.2) is 12.2 Å². The smallest absolute Gasteiger partial charge is 0.220 e. The van der Waals surface area contributed by atoms with Crippen molar-refractivity contribution in [3.63, 3.8) is 0 Å². The Hall–Kier alpha value is -0.380. The minimum absolute atomic E-state index is 0.579. The summed E-state index contributed by atoms with van der Waals surface area (Å²) >= 11 is 0. The third-order valence-corrected chi connectivity index (χ3v) is 1.60. The molecular weight excluding hydrogens is 120 g/mol. The molecule has 9 heavy (non-hydrogen) atoms. The first-order valence-corrected chi connectivity index (χ1v) is 2.84. The standard InChI is InChI=1S/C6H10O3/c1-5-3-4-8-6(5,2)9-7/h7H,1,3-4H2,2H3. The molecule has 1 aliphatic heterocycles. The van der Waals surface area contributed by atoms with Gasteiger partial charge in [-0.2, -0.15) is 4.89 Å². The van der Waals surface area contributed by atoms with Crippen molar-refractivity contribution in [3.8, 4) is 0 Å². The van der Waals surface area contributed by atoms with E-state index in [0.29, 0.717) is 6.61 Å². The fourth-order valence-corrected chi connectivity index (χ4v) is 0.789. The van der Waals surface area contributed by atoms with E-state index in [1.165, 1.54) is 0 Å². The lowest BCUT2D eigenvalue weighted by Crippen LogP contribution is -2.27. The lowest BCUT2D eigenvalue weighted by atomic mass is 10.1. The fraction of sp³-hybridized carbons (Fsp3) is 0.667. The first kappa shape index (κ1) is 6.74. The summed E-state index contributed by atoms with van der Waals surface area (Å²) in [6.07, 6.45) is 0.761. The highest BCUT2D eigenvalue weighted by Crippen LogP contribution is 2.29. The molecule has 0 saturated carbocycles. The lowest BCUT2D eigenvalue weighted by molar-refractivity contribution is -0.372. The molecular formula is C6H10O3. The van der Waals surface area contributed by atoms with Gasteiger partial charge in [-0.25, -0.2) is 5.26 Å². The quantitative estimate of drug-likeness (QED) is 0.329. The van der Waals surface area contributed by atoms with Gasteiger partial charge in [0.2, 0.25) is 5.79 Å². The van der Waals surface area contributed by atoms with Crippen molar-refractivity contribution in [2.45, 2.75) is 19.1 Å². The molecule has 3 heteroatoms. The second-order valence-electron chi connectivity index (χ2n) is 2.24. The Morgan fingerprint density at radius 3 is 2.78 bits per heavy atom. The topological polar surface area (TPSA) is 38.7 Å². The number of rotatable bonds is 1. The van der Waals surface area contributed by atoms with Crippen molar-refractivity contribution in [3.05, 3.63) is 12.2 Å². The van der Waals surface area contributed by atoms with Gasteiger partial charge in [0.05, 0.1) is 6.61 Å². The van der Waals surface area contributed by atoms with Gasteiger partial charge in [-0.15, -0.1) is 0 Å². The molecule has 3 nitrogen and oxygen atoms in total. The average Bonchev–Trinajstić information content (AvgIpc) is 2.15. The highest BCUT2D eigenvalue weighted by molar-refractivity contribution is 5.09. The second-order valence-corrected chi connectivity index (χ2v) is 2.24. The van der Waals surface area contributed by atoms with E-state index < -0.39 is 5.79 Å². The molecule has 1 heterocycles. The van der Waals surface area contributed by atoms with E-state index >= 15 is 0 Å². The Morgan fingerprint density at radius 2 is 2.56 bits per heavy atom. The summed E-state index contributed by atoms with van der Waals surface area (Å²) in [7, 11) is 0. The molecule has 52 valence electrons. The van der Waals surface area contributed by atoms with Crippen LogP contribution in [0.5, 0.6) is 0 Å². The van der Waals surface area contributed by atoms with E-state index in [0.717, 1.165) is 12.0 Å². The normalized spacial score (nSPS) is 35.6. The predicted octanol–water partition coefficient (Wildman–Crippen LogP) is 1.17. The Labute approximate surface area is 53.8 Å². The largest absolute Gasteiger partial charge is 0.344 e. The fourth-order valence-electron chi connectivity index (χ4n) is 0.789. The maximum Gasteiger partial charge on any atom is 0.220 e. The van der Waals surface area contributed by atoms with Crippen molar-refractivity contribution in [2.75, 3.05) is 6.61 Å². The minimum Gasteiger partial charge on any atom is -0.344 e. The van der Waals surface area contributed by atoms with Crippen LogP contribution in [0.25, 0.3) is 0 Å². The molecule has 1 aliphatic rings. The number of hydrogen-bond donors (Lipinski definition) is 1. The molecule has 0 amide bonds. The third kappa shape index (κ3) is 0.986. The maximum atomic E-state index is 8.31. The summed E-state index contributed by atoms with van der Waals surface area (Å²) in [5.74, 6) is -0.944. The molecule has 0 aromatic carbocycles. The van der Waals surface area contributed by atoms with E-state index in [4.69, 9.17) is 9.99 Å². The van der Waals surface area contributed by atoms with Crippen LogP contribution in [-0.4, -0.2) is 17.7 Å².